The van der Waals surface area contributed by atoms with E-state index in [1.165, 1.54) is 12.4 Å². The molecule has 0 spiro atoms. The van der Waals surface area contributed by atoms with E-state index >= 15 is 0 Å². The minimum absolute atomic E-state index is 0.0216. The van der Waals surface area contributed by atoms with Crippen LogP contribution in [-0.4, -0.2) is 32.6 Å². The van der Waals surface area contributed by atoms with E-state index in [0.717, 1.165) is 5.69 Å². The molecule has 0 aliphatic carbocycles. The third kappa shape index (κ3) is 4.37. The molecule has 2 rings (SSSR count). The van der Waals surface area contributed by atoms with Crippen molar-refractivity contribution in [1.82, 2.24) is 15.0 Å². The number of hydrogen-bond donors (Lipinski definition) is 2. The maximum absolute atomic E-state index is 12.0. The Labute approximate surface area is 122 Å². The average molecular weight is 282 g/mol. The van der Waals surface area contributed by atoms with Gasteiger partial charge in [-0.15, -0.1) is 0 Å². The molecule has 0 saturated heterocycles. The molecule has 6 heteroatoms. The fourth-order valence-electron chi connectivity index (χ4n) is 1.49. The number of aliphatic hydroxyl groups is 1. The first kappa shape index (κ1) is 14.6. The summed E-state index contributed by atoms with van der Waals surface area (Å²) in [7, 11) is 0. The first-order chi connectivity index (χ1) is 10.2. The van der Waals surface area contributed by atoms with E-state index in [1.807, 2.05) is 0 Å². The van der Waals surface area contributed by atoms with E-state index < -0.39 is 0 Å². The largest absolute Gasteiger partial charge is 0.395 e. The average Bonchev–Trinajstić information content (AvgIpc) is 2.48. The number of carbonyl (C=O) groups is 1. The van der Waals surface area contributed by atoms with Crippen LogP contribution in [0.3, 0.4) is 0 Å². The van der Waals surface area contributed by atoms with Gasteiger partial charge in [0.25, 0.3) is 5.91 Å². The topological polar surface area (TPSA) is 88.0 Å². The molecule has 0 fully saturated rings. The third-order valence-electron chi connectivity index (χ3n) is 2.48. The molecule has 0 unspecified atom stereocenters. The summed E-state index contributed by atoms with van der Waals surface area (Å²) in [5.41, 5.74) is 1.67. The Hall–Kier alpha value is -2.78. The van der Waals surface area contributed by atoms with Gasteiger partial charge < -0.3 is 10.4 Å². The molecule has 0 aliphatic rings. The number of amides is 1. The SMILES string of the molecule is Cc1cnc(C(=O)Nc2cc(C#CCCO)ccn2)cn1. The van der Waals surface area contributed by atoms with Gasteiger partial charge in [-0.25, -0.2) is 9.97 Å². The van der Waals surface area contributed by atoms with E-state index in [4.69, 9.17) is 5.11 Å². The highest BCUT2D eigenvalue weighted by atomic mass is 16.2. The van der Waals surface area contributed by atoms with Crippen molar-refractivity contribution in [2.24, 2.45) is 0 Å². The summed E-state index contributed by atoms with van der Waals surface area (Å²) >= 11 is 0. The van der Waals surface area contributed by atoms with Gasteiger partial charge in [0.1, 0.15) is 11.5 Å². The molecule has 2 aromatic heterocycles. The first-order valence-electron chi connectivity index (χ1n) is 6.35. The number of hydrogen-bond acceptors (Lipinski definition) is 5. The fourth-order valence-corrected chi connectivity index (χ4v) is 1.49. The summed E-state index contributed by atoms with van der Waals surface area (Å²) in [5, 5.41) is 11.3. The standard InChI is InChI=1S/C15H14N4O2/c1-11-9-18-13(10-17-11)15(21)19-14-8-12(5-6-16-14)4-2-3-7-20/h5-6,8-10,20H,3,7H2,1H3,(H,16,19,21). The van der Waals surface area contributed by atoms with Gasteiger partial charge in [0.05, 0.1) is 18.5 Å². The van der Waals surface area contributed by atoms with Crippen molar-refractivity contribution in [1.29, 1.82) is 0 Å². The number of aliphatic hydroxyl groups excluding tert-OH is 1. The monoisotopic (exact) mass is 282 g/mol. The number of aromatic nitrogens is 3. The Kier molecular flexibility index (Phi) is 4.96. The lowest BCUT2D eigenvalue weighted by Crippen LogP contribution is -2.15. The third-order valence-corrected chi connectivity index (χ3v) is 2.48. The number of carbonyl (C=O) groups excluding carboxylic acids is 1. The predicted molar refractivity (Wildman–Crippen MR) is 77.5 cm³/mol. The zero-order valence-corrected chi connectivity index (χ0v) is 11.5. The van der Waals surface area contributed by atoms with Gasteiger partial charge >= 0.3 is 0 Å². The molecule has 106 valence electrons. The molecule has 0 bridgehead atoms. The highest BCUT2D eigenvalue weighted by molar-refractivity contribution is 6.02. The van der Waals surface area contributed by atoms with Gasteiger partial charge in [0.2, 0.25) is 0 Å². The maximum Gasteiger partial charge on any atom is 0.277 e. The smallest absolute Gasteiger partial charge is 0.277 e. The minimum atomic E-state index is -0.379. The van der Waals surface area contributed by atoms with Crippen LogP contribution in [0.5, 0.6) is 0 Å². The molecular formula is C15H14N4O2. The fraction of sp³-hybridized carbons (Fsp3) is 0.200. The molecule has 1 amide bonds. The summed E-state index contributed by atoms with van der Waals surface area (Å²) in [4.78, 5) is 24.0. The molecule has 0 atom stereocenters. The molecule has 0 aliphatic heterocycles. The molecule has 2 N–H and O–H groups in total. The Bertz CT molecular complexity index is 687. The van der Waals surface area contributed by atoms with Gasteiger partial charge in [-0.3, -0.25) is 9.78 Å². The van der Waals surface area contributed by atoms with Crippen LogP contribution in [0.2, 0.25) is 0 Å². The number of pyridine rings is 1. The summed E-state index contributed by atoms with van der Waals surface area (Å²) in [6.07, 6.45) is 4.90. The summed E-state index contributed by atoms with van der Waals surface area (Å²) in [6, 6.07) is 3.38. The van der Waals surface area contributed by atoms with Crippen molar-refractivity contribution in [3.8, 4) is 11.8 Å². The highest BCUT2D eigenvalue weighted by Crippen LogP contribution is 2.07. The van der Waals surface area contributed by atoms with Crippen LogP contribution >= 0.6 is 0 Å². The van der Waals surface area contributed by atoms with Crippen LogP contribution in [0.1, 0.15) is 28.2 Å². The minimum Gasteiger partial charge on any atom is -0.395 e. The van der Waals surface area contributed by atoms with Gasteiger partial charge in [0, 0.05) is 24.4 Å². The highest BCUT2D eigenvalue weighted by Gasteiger charge is 2.08. The number of anilines is 1. The quantitative estimate of drug-likeness (QED) is 0.825. The van der Waals surface area contributed by atoms with Crippen molar-refractivity contribution in [3.05, 3.63) is 47.7 Å². The van der Waals surface area contributed by atoms with Crippen molar-refractivity contribution < 1.29 is 9.90 Å². The normalized spacial score (nSPS) is 9.62. The van der Waals surface area contributed by atoms with Crippen LogP contribution in [0.4, 0.5) is 5.82 Å². The summed E-state index contributed by atoms with van der Waals surface area (Å²) in [5.74, 6) is 5.69. The van der Waals surface area contributed by atoms with Crippen molar-refractivity contribution in [2.45, 2.75) is 13.3 Å². The molecular weight excluding hydrogens is 268 g/mol. The second kappa shape index (κ2) is 7.12. The van der Waals surface area contributed by atoms with Crippen molar-refractivity contribution >= 4 is 11.7 Å². The van der Waals surface area contributed by atoms with Crippen LogP contribution in [0.15, 0.2) is 30.7 Å². The number of aryl methyl sites for hydroxylation is 1. The van der Waals surface area contributed by atoms with Gasteiger partial charge in [-0.2, -0.15) is 0 Å². The van der Waals surface area contributed by atoms with Crippen LogP contribution in [0.25, 0.3) is 0 Å². The molecule has 2 heterocycles. The van der Waals surface area contributed by atoms with Gasteiger partial charge in [-0.05, 0) is 19.1 Å². The van der Waals surface area contributed by atoms with Crippen molar-refractivity contribution in [2.75, 3.05) is 11.9 Å². The lowest BCUT2D eigenvalue weighted by atomic mass is 10.2. The second-order valence-corrected chi connectivity index (χ2v) is 4.20. The van der Waals surface area contributed by atoms with E-state index in [-0.39, 0.29) is 18.2 Å². The van der Waals surface area contributed by atoms with Gasteiger partial charge in [-0.1, -0.05) is 11.8 Å². The van der Waals surface area contributed by atoms with Crippen LogP contribution in [0, 0.1) is 18.8 Å². The zero-order valence-electron chi connectivity index (χ0n) is 11.5. The predicted octanol–water partition coefficient (Wildman–Crippen LogP) is 1.17. The first-order valence-corrected chi connectivity index (χ1v) is 6.35. The van der Waals surface area contributed by atoms with E-state index in [2.05, 4.69) is 32.1 Å². The molecule has 0 radical (unpaired) electrons. The zero-order chi connectivity index (χ0) is 15.1. The van der Waals surface area contributed by atoms with Crippen molar-refractivity contribution in [3.63, 3.8) is 0 Å². The Morgan fingerprint density at radius 2 is 2.19 bits per heavy atom. The molecule has 0 aromatic carbocycles. The van der Waals surface area contributed by atoms with Gasteiger partial charge in [0.15, 0.2) is 0 Å². The molecule has 6 nitrogen and oxygen atoms in total. The number of nitrogens with zero attached hydrogens (tertiary/aromatic N) is 3. The van der Waals surface area contributed by atoms with E-state index in [0.29, 0.717) is 17.8 Å². The summed E-state index contributed by atoms with van der Waals surface area (Å²) in [6.45, 7) is 1.82. The van der Waals surface area contributed by atoms with Crippen LogP contribution in [-0.2, 0) is 0 Å². The Morgan fingerprint density at radius 3 is 2.90 bits per heavy atom. The maximum atomic E-state index is 12.0. The number of nitrogens with one attached hydrogen (secondary N) is 1. The molecule has 0 saturated carbocycles. The van der Waals surface area contributed by atoms with E-state index in [1.54, 1.807) is 25.3 Å². The molecule has 21 heavy (non-hydrogen) atoms. The Morgan fingerprint density at radius 1 is 1.33 bits per heavy atom. The molecule has 2 aromatic rings. The summed E-state index contributed by atoms with van der Waals surface area (Å²) < 4.78 is 0. The Balaban J connectivity index is 2.09. The lowest BCUT2D eigenvalue weighted by molar-refractivity contribution is 0.102. The number of rotatable bonds is 3. The van der Waals surface area contributed by atoms with E-state index in [9.17, 15) is 4.79 Å². The second-order valence-electron chi connectivity index (χ2n) is 4.20. The van der Waals surface area contributed by atoms with Crippen LogP contribution < -0.4 is 5.32 Å². The lowest BCUT2D eigenvalue weighted by Gasteiger charge is -2.04.